The van der Waals surface area contributed by atoms with E-state index in [4.69, 9.17) is 9.47 Å². The molecule has 1 N–H and O–H groups in total. The van der Waals surface area contributed by atoms with Crippen molar-refractivity contribution in [2.24, 2.45) is 5.41 Å². The van der Waals surface area contributed by atoms with Gasteiger partial charge in [-0.15, -0.1) is 0 Å². The van der Waals surface area contributed by atoms with E-state index in [-0.39, 0.29) is 6.04 Å². The second-order valence-corrected chi connectivity index (χ2v) is 9.39. The number of methoxy groups -OCH3 is 1. The molecule has 0 radical (unpaired) electrons. The van der Waals surface area contributed by atoms with E-state index in [1.807, 2.05) is 37.1 Å². The van der Waals surface area contributed by atoms with E-state index in [0.717, 1.165) is 30.8 Å². The minimum Gasteiger partial charge on any atom is -0.467 e. The van der Waals surface area contributed by atoms with E-state index in [0.29, 0.717) is 6.42 Å². The minimum absolute atomic E-state index is 0.0135. The number of ether oxygens (including phenoxy) is 2. The topological polar surface area (TPSA) is 79.3 Å². The van der Waals surface area contributed by atoms with Crippen LogP contribution in [-0.4, -0.2) is 73.0 Å². The Morgan fingerprint density at radius 3 is 2.68 bits per heavy atom. The summed E-state index contributed by atoms with van der Waals surface area (Å²) in [6, 6.07) is 7.53. The standard InChI is InChI=1S/C24H30N2O5/c1-5-22-11-8-13-26-14-12-23(18(22)26)16-9-6-7-10-17(16)25(3)19(23)24(29,21(28)30-4)20(22)31-15(2)27/h6-11,18-20,29H,5,12-14H2,1-4H3/t18-,19-,20+,22+,23+,24-/m0/s1. The lowest BCUT2D eigenvalue weighted by Gasteiger charge is -2.63. The first kappa shape index (κ1) is 20.5. The number of rotatable bonds is 3. The SMILES string of the molecule is CC[C@]12C=CCN3CC[C@@]4(c5ccccc5N(C)[C@@H]4[C@@](O)(C(=O)OC)[C@@H]1OC(C)=O)[C@@H]32. The molecule has 1 saturated heterocycles. The molecular weight excluding hydrogens is 396 g/mol. The first-order valence-electron chi connectivity index (χ1n) is 11.0. The summed E-state index contributed by atoms with van der Waals surface area (Å²) >= 11 is 0. The van der Waals surface area contributed by atoms with Crippen molar-refractivity contribution in [3.05, 3.63) is 42.0 Å². The molecule has 7 nitrogen and oxygen atoms in total. The zero-order valence-corrected chi connectivity index (χ0v) is 18.5. The first-order valence-corrected chi connectivity index (χ1v) is 11.0. The Morgan fingerprint density at radius 1 is 1.26 bits per heavy atom. The number of anilines is 1. The Hall–Kier alpha value is -2.38. The van der Waals surface area contributed by atoms with Crippen molar-refractivity contribution in [1.82, 2.24) is 4.90 Å². The van der Waals surface area contributed by atoms with Gasteiger partial charge in [0, 0.05) is 43.1 Å². The second-order valence-electron chi connectivity index (χ2n) is 9.39. The molecule has 1 aliphatic carbocycles. The van der Waals surface area contributed by atoms with E-state index in [9.17, 15) is 14.7 Å². The van der Waals surface area contributed by atoms with Gasteiger partial charge in [0.05, 0.1) is 13.2 Å². The number of carbonyl (C=O) groups excluding carboxylic acids is 2. The highest BCUT2D eigenvalue weighted by Crippen LogP contribution is 2.67. The number of nitrogens with zero attached hydrogens (tertiary/aromatic N) is 2. The van der Waals surface area contributed by atoms with Crippen LogP contribution in [0.2, 0.25) is 0 Å². The molecule has 6 atom stereocenters. The Bertz CT molecular complexity index is 978. The van der Waals surface area contributed by atoms with Gasteiger partial charge >= 0.3 is 11.9 Å². The van der Waals surface area contributed by atoms with Gasteiger partial charge in [-0.25, -0.2) is 4.79 Å². The van der Waals surface area contributed by atoms with Crippen LogP contribution >= 0.6 is 0 Å². The third-order valence-corrected chi connectivity index (χ3v) is 8.32. The number of fused-ring (bicyclic) bond motifs is 1. The third-order valence-electron chi connectivity index (χ3n) is 8.32. The molecule has 2 fully saturated rings. The Labute approximate surface area is 182 Å². The number of hydrogen-bond donors (Lipinski definition) is 1. The fraction of sp³-hybridized carbons (Fsp3) is 0.583. The van der Waals surface area contributed by atoms with Crippen molar-refractivity contribution in [3.63, 3.8) is 0 Å². The molecule has 3 heterocycles. The van der Waals surface area contributed by atoms with E-state index < -0.39 is 40.5 Å². The highest BCUT2D eigenvalue weighted by atomic mass is 16.6. The van der Waals surface area contributed by atoms with Gasteiger partial charge < -0.3 is 19.5 Å². The van der Waals surface area contributed by atoms with Gasteiger partial charge in [0.2, 0.25) is 5.60 Å². The van der Waals surface area contributed by atoms with Gasteiger partial charge in [-0.1, -0.05) is 37.3 Å². The van der Waals surface area contributed by atoms with Crippen LogP contribution in [0.4, 0.5) is 5.69 Å². The number of esters is 2. The normalized spacial score (nSPS) is 40.2. The van der Waals surface area contributed by atoms with Gasteiger partial charge in [0.15, 0.2) is 6.10 Å². The van der Waals surface area contributed by atoms with Gasteiger partial charge in [-0.2, -0.15) is 0 Å². The lowest BCUT2D eigenvalue weighted by molar-refractivity contribution is -0.228. The Balaban J connectivity index is 1.87. The molecule has 4 aliphatic rings. The maximum atomic E-state index is 13.4. The summed E-state index contributed by atoms with van der Waals surface area (Å²) in [5.74, 6) is -1.28. The molecular formula is C24H30N2O5. The molecule has 1 spiro atoms. The molecule has 166 valence electrons. The molecule has 0 amide bonds. The smallest absolute Gasteiger partial charge is 0.344 e. The lowest BCUT2D eigenvalue weighted by Crippen LogP contribution is -2.81. The Morgan fingerprint density at radius 2 is 2.00 bits per heavy atom. The van der Waals surface area contributed by atoms with Crippen LogP contribution in [0.5, 0.6) is 0 Å². The summed E-state index contributed by atoms with van der Waals surface area (Å²) in [5.41, 5.74) is -1.10. The molecule has 1 aromatic rings. The number of carbonyl (C=O) groups is 2. The third kappa shape index (κ3) is 2.21. The molecule has 31 heavy (non-hydrogen) atoms. The van der Waals surface area contributed by atoms with Crippen LogP contribution in [-0.2, 0) is 24.5 Å². The van der Waals surface area contributed by atoms with Gasteiger partial charge in [0.25, 0.3) is 0 Å². The summed E-state index contributed by atoms with van der Waals surface area (Å²) in [7, 11) is 3.19. The number of aliphatic hydroxyl groups is 1. The van der Waals surface area contributed by atoms with Crippen molar-refractivity contribution in [2.75, 3.05) is 32.1 Å². The van der Waals surface area contributed by atoms with Crippen LogP contribution in [0.1, 0.15) is 32.3 Å². The quantitative estimate of drug-likeness (QED) is 0.581. The van der Waals surface area contributed by atoms with Crippen molar-refractivity contribution in [1.29, 1.82) is 0 Å². The maximum absolute atomic E-state index is 13.4. The summed E-state index contributed by atoms with van der Waals surface area (Å²) in [6.07, 6.45) is 4.52. The molecule has 1 aromatic carbocycles. The summed E-state index contributed by atoms with van der Waals surface area (Å²) in [5, 5.41) is 12.4. The molecule has 7 heteroatoms. The number of likely N-dealkylation sites (N-methyl/N-ethyl adjacent to an activating group) is 1. The summed E-state index contributed by atoms with van der Waals surface area (Å²) in [4.78, 5) is 30.1. The highest BCUT2D eigenvalue weighted by Gasteiger charge is 2.80. The van der Waals surface area contributed by atoms with E-state index in [2.05, 4.69) is 23.1 Å². The number of benzene rings is 1. The largest absolute Gasteiger partial charge is 0.467 e. The van der Waals surface area contributed by atoms with Crippen LogP contribution < -0.4 is 4.90 Å². The predicted octanol–water partition coefficient (Wildman–Crippen LogP) is 1.63. The lowest BCUT2D eigenvalue weighted by atomic mass is 9.47. The fourth-order valence-corrected chi connectivity index (χ4v) is 7.53. The molecule has 0 aromatic heterocycles. The molecule has 1 saturated carbocycles. The number of hydrogen-bond acceptors (Lipinski definition) is 7. The van der Waals surface area contributed by atoms with Gasteiger partial charge in [-0.05, 0) is 31.0 Å². The molecule has 0 bridgehead atoms. The van der Waals surface area contributed by atoms with Gasteiger partial charge in [0.1, 0.15) is 0 Å². The zero-order chi connectivity index (χ0) is 22.2. The van der Waals surface area contributed by atoms with Crippen molar-refractivity contribution in [3.8, 4) is 0 Å². The first-order chi connectivity index (χ1) is 14.8. The molecule has 3 aliphatic heterocycles. The van der Waals surface area contributed by atoms with Crippen molar-refractivity contribution in [2.45, 2.75) is 55.9 Å². The van der Waals surface area contributed by atoms with Crippen LogP contribution in [0.15, 0.2) is 36.4 Å². The van der Waals surface area contributed by atoms with E-state index in [1.165, 1.54) is 14.0 Å². The van der Waals surface area contributed by atoms with Crippen LogP contribution in [0, 0.1) is 5.41 Å². The molecule has 5 rings (SSSR count). The number of para-hydroxylation sites is 1. The predicted molar refractivity (Wildman–Crippen MR) is 115 cm³/mol. The van der Waals surface area contributed by atoms with Crippen LogP contribution in [0.3, 0.4) is 0 Å². The highest BCUT2D eigenvalue weighted by molar-refractivity contribution is 5.86. The monoisotopic (exact) mass is 426 g/mol. The van der Waals surface area contributed by atoms with Gasteiger partial charge in [-0.3, -0.25) is 9.69 Å². The van der Waals surface area contributed by atoms with Crippen molar-refractivity contribution >= 4 is 17.6 Å². The second kappa shape index (κ2) is 6.56. The molecule has 0 unspecified atom stereocenters. The van der Waals surface area contributed by atoms with E-state index in [1.54, 1.807) is 0 Å². The van der Waals surface area contributed by atoms with Crippen molar-refractivity contribution < 1.29 is 24.2 Å². The van der Waals surface area contributed by atoms with Crippen LogP contribution in [0.25, 0.3) is 0 Å². The summed E-state index contributed by atoms with van der Waals surface area (Å²) in [6.45, 7) is 5.02. The minimum atomic E-state index is -2.03. The zero-order valence-electron chi connectivity index (χ0n) is 18.5. The average Bonchev–Trinajstić information content (AvgIpc) is 3.28. The average molecular weight is 427 g/mol. The van der Waals surface area contributed by atoms with E-state index >= 15 is 0 Å². The summed E-state index contributed by atoms with van der Waals surface area (Å²) < 4.78 is 11.1. The maximum Gasteiger partial charge on any atom is 0.344 e. The Kier molecular flexibility index (Phi) is 4.34. The fourth-order valence-electron chi connectivity index (χ4n) is 7.53.